The Bertz CT molecular complexity index is 1360. The van der Waals surface area contributed by atoms with Crippen molar-refractivity contribution >= 4 is 29.5 Å². The maximum absolute atomic E-state index is 14.0. The third-order valence-corrected chi connectivity index (χ3v) is 7.38. The summed E-state index contributed by atoms with van der Waals surface area (Å²) in [5.41, 5.74) is 2.48. The Morgan fingerprint density at radius 1 is 1.22 bits per heavy atom. The van der Waals surface area contributed by atoms with E-state index in [0.717, 1.165) is 33.1 Å². The molecule has 6 nitrogen and oxygen atoms in total. The number of allylic oxidation sites excluding steroid dienone is 2. The van der Waals surface area contributed by atoms with Gasteiger partial charge in [-0.15, -0.1) is 11.8 Å². The van der Waals surface area contributed by atoms with Gasteiger partial charge in [0.05, 0.1) is 28.9 Å². The molecule has 1 N–H and O–H groups in total. The zero-order valence-electron chi connectivity index (χ0n) is 20.5. The van der Waals surface area contributed by atoms with E-state index in [0.29, 0.717) is 36.1 Å². The number of halogens is 3. The number of urea groups is 2. The van der Waals surface area contributed by atoms with Crippen molar-refractivity contribution in [3.05, 3.63) is 82.1 Å². The minimum Gasteiger partial charge on any atom is -0.341 e. The number of imide groups is 1. The minimum atomic E-state index is -4.59. The number of amides is 4. The van der Waals surface area contributed by atoms with Gasteiger partial charge in [-0.1, -0.05) is 18.2 Å². The highest BCUT2D eigenvalue weighted by molar-refractivity contribution is 7.98. The molecule has 0 aromatic heterocycles. The number of carbonyl (C=O) groups is 2. The minimum absolute atomic E-state index is 0.0435. The highest BCUT2D eigenvalue weighted by atomic mass is 32.2. The molecule has 37 heavy (non-hydrogen) atoms. The zero-order chi connectivity index (χ0) is 26.9. The first kappa shape index (κ1) is 26.4. The van der Waals surface area contributed by atoms with Crippen LogP contribution in [0.15, 0.2) is 70.3 Å². The van der Waals surface area contributed by atoms with Gasteiger partial charge >= 0.3 is 18.2 Å². The number of anilines is 1. The van der Waals surface area contributed by atoms with E-state index < -0.39 is 29.8 Å². The number of nitrogens with zero attached hydrogens (tertiary/aromatic N) is 3. The molecule has 0 bridgehead atoms. The number of hydrogen-bond donors (Lipinski definition) is 1. The summed E-state index contributed by atoms with van der Waals surface area (Å²) in [6.45, 7) is 1.87. The lowest BCUT2D eigenvalue weighted by atomic mass is 9.80. The lowest BCUT2D eigenvalue weighted by molar-refractivity contribution is -0.137. The third kappa shape index (κ3) is 4.71. The van der Waals surface area contributed by atoms with Crippen LogP contribution in [0.5, 0.6) is 0 Å². The molecule has 4 rings (SSSR count). The predicted octanol–water partition coefficient (Wildman–Crippen LogP) is 7.01. The average molecular weight is 527 g/mol. The molecule has 1 heterocycles. The van der Waals surface area contributed by atoms with Crippen molar-refractivity contribution in [3.63, 3.8) is 0 Å². The van der Waals surface area contributed by atoms with E-state index >= 15 is 0 Å². The number of carbonyl (C=O) groups excluding carboxylic acids is 2. The highest BCUT2D eigenvalue weighted by Gasteiger charge is 2.46. The molecule has 10 heteroatoms. The van der Waals surface area contributed by atoms with Crippen LogP contribution in [0.3, 0.4) is 0 Å². The molecule has 0 radical (unpaired) electrons. The Labute approximate surface area is 217 Å². The van der Waals surface area contributed by atoms with Crippen molar-refractivity contribution in [2.45, 2.75) is 43.3 Å². The van der Waals surface area contributed by atoms with E-state index in [4.69, 9.17) is 0 Å². The van der Waals surface area contributed by atoms with Crippen molar-refractivity contribution in [1.82, 2.24) is 10.2 Å². The van der Waals surface area contributed by atoms with Gasteiger partial charge in [0.2, 0.25) is 0 Å². The molecular formula is C27H25F3N4O2S. The second-order valence-electron chi connectivity index (χ2n) is 8.59. The summed E-state index contributed by atoms with van der Waals surface area (Å²) in [7, 11) is 1.40. The van der Waals surface area contributed by atoms with Crippen LogP contribution in [0, 0.1) is 11.3 Å². The summed E-state index contributed by atoms with van der Waals surface area (Å²) in [6.07, 6.45) is 1.03. The predicted molar refractivity (Wildman–Crippen MR) is 136 cm³/mol. The smallest absolute Gasteiger partial charge is 0.341 e. The molecule has 2 aliphatic rings. The van der Waals surface area contributed by atoms with Crippen LogP contribution >= 0.6 is 11.8 Å². The van der Waals surface area contributed by atoms with E-state index in [1.54, 1.807) is 18.2 Å². The van der Waals surface area contributed by atoms with E-state index in [2.05, 4.69) is 11.4 Å². The lowest BCUT2D eigenvalue weighted by Crippen LogP contribution is -2.55. The van der Waals surface area contributed by atoms with E-state index in [-0.39, 0.29) is 5.69 Å². The molecule has 192 valence electrons. The lowest BCUT2D eigenvalue weighted by Gasteiger charge is -2.45. The van der Waals surface area contributed by atoms with Crippen LogP contribution in [0.2, 0.25) is 0 Å². The Hall–Kier alpha value is -3.71. The van der Waals surface area contributed by atoms with E-state index in [9.17, 15) is 28.0 Å². The summed E-state index contributed by atoms with van der Waals surface area (Å²) < 4.78 is 40.6. The maximum atomic E-state index is 14.0. The van der Waals surface area contributed by atoms with Gasteiger partial charge in [0.1, 0.15) is 0 Å². The molecule has 0 spiro atoms. The summed E-state index contributed by atoms with van der Waals surface area (Å²) in [5.74, 6) is 0. The SMILES string of the molecule is CC=C1CCCC2=C1C(c1ccc(C#N)cc1SC)N(C(=O)NC)C(=O)N2c1cccc(C(F)(F)F)c1. The second-order valence-corrected chi connectivity index (χ2v) is 9.44. The first-order valence-corrected chi connectivity index (χ1v) is 12.9. The molecular weight excluding hydrogens is 501 g/mol. The van der Waals surface area contributed by atoms with Gasteiger partial charge in [0.15, 0.2) is 0 Å². The number of hydrogen-bond acceptors (Lipinski definition) is 4. The first-order chi connectivity index (χ1) is 17.7. The number of benzene rings is 2. The fourth-order valence-electron chi connectivity index (χ4n) is 4.94. The zero-order valence-corrected chi connectivity index (χ0v) is 21.3. The number of nitrogens with one attached hydrogen (secondary N) is 1. The highest BCUT2D eigenvalue weighted by Crippen LogP contribution is 2.49. The van der Waals surface area contributed by atoms with Crippen molar-refractivity contribution in [2.75, 3.05) is 18.2 Å². The Morgan fingerprint density at radius 3 is 2.59 bits per heavy atom. The normalized spacial score (nSPS) is 19.1. The van der Waals surface area contributed by atoms with Crippen LogP contribution in [0.4, 0.5) is 28.4 Å². The van der Waals surface area contributed by atoms with E-state index in [1.807, 2.05) is 19.3 Å². The van der Waals surface area contributed by atoms with Gasteiger partial charge < -0.3 is 5.32 Å². The maximum Gasteiger partial charge on any atom is 0.416 e. The number of rotatable bonds is 3. The van der Waals surface area contributed by atoms with Crippen LogP contribution in [0.1, 0.15) is 48.9 Å². The average Bonchev–Trinajstić information content (AvgIpc) is 2.90. The van der Waals surface area contributed by atoms with Gasteiger partial charge in [0, 0.05) is 23.2 Å². The molecule has 1 aliphatic carbocycles. The van der Waals surface area contributed by atoms with Gasteiger partial charge in [-0.25, -0.2) is 14.5 Å². The van der Waals surface area contributed by atoms with Crippen LogP contribution < -0.4 is 10.2 Å². The first-order valence-electron chi connectivity index (χ1n) is 11.6. The molecule has 0 saturated heterocycles. The quantitative estimate of drug-likeness (QED) is 0.437. The van der Waals surface area contributed by atoms with Crippen molar-refractivity contribution in [3.8, 4) is 6.07 Å². The van der Waals surface area contributed by atoms with Gasteiger partial charge in [-0.2, -0.15) is 18.4 Å². The van der Waals surface area contributed by atoms with Gasteiger partial charge in [0.25, 0.3) is 0 Å². The van der Waals surface area contributed by atoms with Crippen molar-refractivity contribution in [2.24, 2.45) is 0 Å². The van der Waals surface area contributed by atoms with Gasteiger partial charge in [-0.05, 0) is 73.9 Å². The van der Waals surface area contributed by atoms with E-state index in [1.165, 1.54) is 35.8 Å². The van der Waals surface area contributed by atoms with Crippen molar-refractivity contribution < 1.29 is 22.8 Å². The molecule has 1 atom stereocenters. The monoisotopic (exact) mass is 526 g/mol. The molecule has 2 aromatic carbocycles. The fourth-order valence-corrected chi connectivity index (χ4v) is 5.60. The van der Waals surface area contributed by atoms with Gasteiger partial charge in [-0.3, -0.25) is 4.90 Å². The fraction of sp³-hybridized carbons (Fsp3) is 0.296. The molecule has 2 aromatic rings. The summed E-state index contributed by atoms with van der Waals surface area (Å²) >= 11 is 1.39. The van der Waals surface area contributed by atoms with Crippen molar-refractivity contribution in [1.29, 1.82) is 5.26 Å². The number of nitriles is 1. The third-order valence-electron chi connectivity index (χ3n) is 6.59. The number of thioether (sulfide) groups is 1. The molecule has 1 unspecified atom stereocenters. The molecule has 4 amide bonds. The Kier molecular flexibility index (Phi) is 7.37. The summed E-state index contributed by atoms with van der Waals surface area (Å²) in [6, 6.07) is 9.55. The largest absolute Gasteiger partial charge is 0.416 e. The van der Waals surface area contributed by atoms with Crippen LogP contribution in [-0.4, -0.2) is 30.3 Å². The Balaban J connectivity index is 2.04. The summed E-state index contributed by atoms with van der Waals surface area (Å²) in [4.78, 5) is 30.3. The topological polar surface area (TPSA) is 76.4 Å². The summed E-state index contributed by atoms with van der Waals surface area (Å²) in [5, 5.41) is 11.9. The molecule has 0 fully saturated rings. The van der Waals surface area contributed by atoms with Crippen LogP contribution in [0.25, 0.3) is 0 Å². The van der Waals surface area contributed by atoms with Crippen LogP contribution in [-0.2, 0) is 6.18 Å². The second kappa shape index (κ2) is 10.3. The molecule has 0 saturated carbocycles. The Morgan fingerprint density at radius 2 is 1.97 bits per heavy atom. The standard InChI is InChI=1S/C27H25F3N4O2S/c1-4-17-7-5-10-21-23(17)24(20-12-11-16(15-31)13-22(20)37-3)34(25(35)32-2)26(36)33(21)19-9-6-8-18(14-19)27(28,29)30/h4,6,8-9,11-14,24H,5,7,10H2,1-3H3,(H,32,35). The molecule has 1 aliphatic heterocycles. The number of alkyl halides is 3.